The number of aromatic nitrogens is 2. The van der Waals surface area contributed by atoms with Gasteiger partial charge in [-0.3, -0.25) is 9.48 Å². The summed E-state index contributed by atoms with van der Waals surface area (Å²) in [6.45, 7) is 2.98. The number of hydrogen-bond acceptors (Lipinski definition) is 3. The van der Waals surface area contributed by atoms with Crippen molar-refractivity contribution in [2.45, 2.75) is 45.2 Å². The number of rotatable bonds is 4. The van der Waals surface area contributed by atoms with E-state index in [1.807, 2.05) is 10.9 Å². The van der Waals surface area contributed by atoms with Gasteiger partial charge in [-0.05, 0) is 37.5 Å². The van der Waals surface area contributed by atoms with Gasteiger partial charge in [-0.25, -0.2) is 0 Å². The van der Waals surface area contributed by atoms with Crippen molar-refractivity contribution < 1.29 is 4.79 Å². The third-order valence-corrected chi connectivity index (χ3v) is 4.65. The average Bonchev–Trinajstić information content (AvgIpc) is 3.03. The van der Waals surface area contributed by atoms with Gasteiger partial charge in [0.1, 0.15) is 0 Å². The van der Waals surface area contributed by atoms with Gasteiger partial charge in [-0.15, -0.1) is 0 Å². The maximum atomic E-state index is 12.5. The highest BCUT2D eigenvalue weighted by Gasteiger charge is 2.49. The van der Waals surface area contributed by atoms with Crippen LogP contribution in [0.1, 0.15) is 43.0 Å². The first-order valence-corrected chi connectivity index (χ1v) is 7.03. The van der Waals surface area contributed by atoms with Gasteiger partial charge in [0.2, 0.25) is 0 Å². The summed E-state index contributed by atoms with van der Waals surface area (Å²) in [5.41, 5.74) is 6.97. The lowest BCUT2D eigenvalue weighted by atomic mass is 9.80. The monoisotopic (exact) mass is 247 g/mol. The van der Waals surface area contributed by atoms with Crippen molar-refractivity contribution in [3.63, 3.8) is 0 Å². The lowest BCUT2D eigenvalue weighted by Gasteiger charge is -2.26. The van der Waals surface area contributed by atoms with Gasteiger partial charge >= 0.3 is 0 Å². The fraction of sp³-hybridized carbons (Fsp3) is 0.714. The molecule has 18 heavy (non-hydrogen) atoms. The molecule has 98 valence electrons. The molecule has 0 spiro atoms. The normalized spacial score (nSPS) is 34.1. The number of carbonyl (C=O) groups excluding carboxylic acids is 1. The van der Waals surface area contributed by atoms with Gasteiger partial charge in [-0.1, -0.05) is 6.92 Å². The molecule has 2 N–H and O–H groups in total. The molecule has 1 aromatic rings. The Morgan fingerprint density at radius 1 is 1.50 bits per heavy atom. The van der Waals surface area contributed by atoms with Crippen LogP contribution in [0.3, 0.4) is 0 Å². The second kappa shape index (κ2) is 4.50. The summed E-state index contributed by atoms with van der Waals surface area (Å²) in [5, 5.41) is 4.24. The number of fused-ring (bicyclic) bond motifs is 2. The van der Waals surface area contributed by atoms with Crippen molar-refractivity contribution in [3.05, 3.63) is 18.0 Å². The van der Waals surface area contributed by atoms with Crippen LogP contribution in [0.15, 0.2) is 12.4 Å². The molecule has 4 heteroatoms. The fourth-order valence-corrected chi connectivity index (χ4v) is 3.76. The summed E-state index contributed by atoms with van der Waals surface area (Å²) in [4.78, 5) is 12.5. The molecule has 0 aliphatic heterocycles. The molecule has 4 unspecified atom stereocenters. The average molecular weight is 247 g/mol. The lowest BCUT2D eigenvalue weighted by Crippen LogP contribution is -2.40. The zero-order chi connectivity index (χ0) is 12.7. The molecule has 0 saturated heterocycles. The molecule has 2 aliphatic rings. The molecule has 2 aliphatic carbocycles. The Balaban J connectivity index is 1.77. The Kier molecular flexibility index (Phi) is 2.98. The summed E-state index contributed by atoms with van der Waals surface area (Å²) in [6, 6.07) is 0.0748. The molecule has 3 rings (SSSR count). The fourth-order valence-electron chi connectivity index (χ4n) is 3.76. The minimum atomic E-state index is 0.0445. The van der Waals surface area contributed by atoms with E-state index >= 15 is 0 Å². The molecule has 4 atom stereocenters. The summed E-state index contributed by atoms with van der Waals surface area (Å²) in [6.07, 6.45) is 8.16. The molecule has 1 heterocycles. The third-order valence-electron chi connectivity index (χ3n) is 4.65. The third kappa shape index (κ3) is 1.79. The largest absolute Gasteiger partial charge is 0.327 e. The van der Waals surface area contributed by atoms with E-state index < -0.39 is 0 Å². The maximum absolute atomic E-state index is 12.5. The van der Waals surface area contributed by atoms with Gasteiger partial charge in [0.05, 0.1) is 11.8 Å². The molecule has 4 nitrogen and oxygen atoms in total. The van der Waals surface area contributed by atoms with E-state index in [9.17, 15) is 4.79 Å². The number of aryl methyl sites for hydroxylation is 1. The predicted octanol–water partition coefficient (Wildman–Crippen LogP) is 1.85. The van der Waals surface area contributed by atoms with Gasteiger partial charge in [0, 0.05) is 24.7 Å². The summed E-state index contributed by atoms with van der Waals surface area (Å²) < 4.78 is 1.85. The van der Waals surface area contributed by atoms with Crippen molar-refractivity contribution in [3.8, 4) is 0 Å². The minimum Gasteiger partial charge on any atom is -0.327 e. The van der Waals surface area contributed by atoms with Crippen LogP contribution in [0.2, 0.25) is 0 Å². The van der Waals surface area contributed by atoms with Crippen LogP contribution in [-0.4, -0.2) is 21.6 Å². The number of nitrogens with zero attached hydrogens (tertiary/aromatic N) is 2. The zero-order valence-corrected chi connectivity index (χ0v) is 10.9. The van der Waals surface area contributed by atoms with Gasteiger partial charge in [-0.2, -0.15) is 5.10 Å². The molecular weight excluding hydrogens is 226 g/mol. The standard InChI is InChI=1S/C14H21N3O/c1-2-5-17-8-11(7-16-17)14(18)12-9-3-4-10(6-9)13(12)15/h7-10,12-13H,2-6,15H2,1H3. The SMILES string of the molecule is CCCn1cc(C(=O)C2C3CCC(C3)C2N)cn1. The number of carbonyl (C=O) groups is 1. The lowest BCUT2D eigenvalue weighted by molar-refractivity contribution is 0.0856. The van der Waals surface area contributed by atoms with Crippen LogP contribution < -0.4 is 5.73 Å². The summed E-state index contributed by atoms with van der Waals surface area (Å²) in [7, 11) is 0. The molecule has 2 fully saturated rings. The van der Waals surface area contributed by atoms with Gasteiger partial charge in [0.15, 0.2) is 5.78 Å². The van der Waals surface area contributed by atoms with E-state index in [-0.39, 0.29) is 17.7 Å². The van der Waals surface area contributed by atoms with Crippen molar-refractivity contribution in [1.29, 1.82) is 0 Å². The molecule has 0 radical (unpaired) electrons. The van der Waals surface area contributed by atoms with Crippen LogP contribution in [0.5, 0.6) is 0 Å². The van der Waals surface area contributed by atoms with Crippen molar-refractivity contribution >= 4 is 5.78 Å². The van der Waals surface area contributed by atoms with Crippen molar-refractivity contribution in [2.75, 3.05) is 0 Å². The Morgan fingerprint density at radius 3 is 2.94 bits per heavy atom. The van der Waals surface area contributed by atoms with E-state index in [1.54, 1.807) is 6.20 Å². The van der Waals surface area contributed by atoms with Crippen LogP contribution in [0.4, 0.5) is 0 Å². The minimum absolute atomic E-state index is 0.0445. The second-order valence-electron chi connectivity index (χ2n) is 5.79. The number of hydrogen-bond donors (Lipinski definition) is 1. The van der Waals surface area contributed by atoms with E-state index in [4.69, 9.17) is 5.73 Å². The Hall–Kier alpha value is -1.16. The summed E-state index contributed by atoms with van der Waals surface area (Å²) in [5.74, 6) is 1.36. The topological polar surface area (TPSA) is 60.9 Å². The maximum Gasteiger partial charge on any atom is 0.170 e. The van der Waals surface area contributed by atoms with Crippen LogP contribution in [-0.2, 0) is 6.54 Å². The molecule has 0 aromatic carbocycles. The summed E-state index contributed by atoms with van der Waals surface area (Å²) >= 11 is 0. The van der Waals surface area contributed by atoms with Crippen LogP contribution >= 0.6 is 0 Å². The van der Waals surface area contributed by atoms with Crippen molar-refractivity contribution in [1.82, 2.24) is 9.78 Å². The molecule has 1 aromatic heterocycles. The Bertz CT molecular complexity index is 452. The van der Waals surface area contributed by atoms with Gasteiger partial charge < -0.3 is 5.73 Å². The first-order valence-electron chi connectivity index (χ1n) is 7.03. The smallest absolute Gasteiger partial charge is 0.170 e. The first-order chi connectivity index (χ1) is 8.70. The Morgan fingerprint density at radius 2 is 2.28 bits per heavy atom. The highest BCUT2D eigenvalue weighted by Crippen LogP contribution is 2.48. The highest BCUT2D eigenvalue weighted by molar-refractivity contribution is 5.98. The molecule has 2 bridgehead atoms. The van der Waals surface area contributed by atoms with E-state index in [2.05, 4.69) is 12.0 Å². The predicted molar refractivity (Wildman–Crippen MR) is 69.1 cm³/mol. The molecule has 2 saturated carbocycles. The highest BCUT2D eigenvalue weighted by atomic mass is 16.1. The first kappa shape index (κ1) is 11.9. The zero-order valence-electron chi connectivity index (χ0n) is 10.9. The van der Waals surface area contributed by atoms with E-state index in [1.165, 1.54) is 12.8 Å². The van der Waals surface area contributed by atoms with E-state index in [0.717, 1.165) is 24.9 Å². The number of Topliss-reactive ketones (excluding diaryl/α,β-unsaturated/α-hetero) is 1. The Labute approximate surface area is 108 Å². The molecular formula is C14H21N3O. The number of ketones is 1. The van der Waals surface area contributed by atoms with Crippen LogP contribution in [0.25, 0.3) is 0 Å². The second-order valence-corrected chi connectivity index (χ2v) is 5.79. The van der Waals surface area contributed by atoms with Crippen molar-refractivity contribution in [2.24, 2.45) is 23.5 Å². The van der Waals surface area contributed by atoms with Crippen LogP contribution in [0, 0.1) is 17.8 Å². The quantitative estimate of drug-likeness (QED) is 0.826. The molecule has 0 amide bonds. The van der Waals surface area contributed by atoms with E-state index in [0.29, 0.717) is 11.8 Å². The van der Waals surface area contributed by atoms with Gasteiger partial charge in [0.25, 0.3) is 0 Å². The number of nitrogens with two attached hydrogens (primary N) is 1.